The third kappa shape index (κ3) is 5.59. The highest BCUT2D eigenvalue weighted by molar-refractivity contribution is 9.10. The lowest BCUT2D eigenvalue weighted by molar-refractivity contribution is -0.121. The third-order valence-electron chi connectivity index (χ3n) is 3.60. The summed E-state index contributed by atoms with van der Waals surface area (Å²) in [5.74, 6) is -0.403. The van der Waals surface area contributed by atoms with Gasteiger partial charge in [-0.3, -0.25) is 9.59 Å². The summed E-state index contributed by atoms with van der Waals surface area (Å²) in [6.07, 6.45) is 2.03. The number of hydrogen-bond donors (Lipinski definition) is 3. The summed E-state index contributed by atoms with van der Waals surface area (Å²) >= 11 is 3.32. The number of piperidine rings is 1. The maximum absolute atomic E-state index is 11.9. The normalized spacial score (nSPS) is 20.6. The molecule has 0 aromatic heterocycles. The number of carbonyl (C=O) groups is 2. The minimum atomic E-state index is -0.249. The third-order valence-corrected chi connectivity index (χ3v) is 4.10. The van der Waals surface area contributed by atoms with Crippen molar-refractivity contribution in [2.24, 2.45) is 0 Å². The Kier molecular flexibility index (Phi) is 7.85. The maximum atomic E-state index is 11.9. The SMILES string of the molecule is CC1NCCCC1NC(=O)CNC(=O)c1cccc(Br)c1.Cl. The smallest absolute Gasteiger partial charge is 0.251 e. The molecule has 2 rings (SSSR count). The molecule has 1 heterocycles. The summed E-state index contributed by atoms with van der Waals surface area (Å²) in [5, 5.41) is 8.93. The molecule has 1 saturated heterocycles. The molecule has 1 aromatic rings. The first-order valence-electron chi connectivity index (χ1n) is 7.13. The number of halogens is 2. The van der Waals surface area contributed by atoms with Crippen molar-refractivity contribution >= 4 is 40.2 Å². The lowest BCUT2D eigenvalue weighted by Gasteiger charge is -2.30. The molecule has 0 radical (unpaired) electrons. The Labute approximate surface area is 145 Å². The fraction of sp³-hybridized carbons (Fsp3) is 0.467. The van der Waals surface area contributed by atoms with Crippen LogP contribution in [0.25, 0.3) is 0 Å². The second kappa shape index (κ2) is 9.12. The molecule has 1 aliphatic rings. The van der Waals surface area contributed by atoms with Gasteiger partial charge in [0.15, 0.2) is 0 Å². The van der Waals surface area contributed by atoms with Crippen LogP contribution in [0.4, 0.5) is 0 Å². The molecule has 1 aliphatic heterocycles. The van der Waals surface area contributed by atoms with Crippen LogP contribution >= 0.6 is 28.3 Å². The number of rotatable bonds is 4. The van der Waals surface area contributed by atoms with Crippen LogP contribution in [0.1, 0.15) is 30.1 Å². The van der Waals surface area contributed by atoms with E-state index in [1.807, 2.05) is 6.07 Å². The first-order chi connectivity index (χ1) is 10.1. The topological polar surface area (TPSA) is 70.2 Å². The fourth-order valence-electron chi connectivity index (χ4n) is 2.39. The van der Waals surface area contributed by atoms with Gasteiger partial charge in [-0.15, -0.1) is 12.4 Å². The monoisotopic (exact) mass is 389 g/mol. The lowest BCUT2D eigenvalue weighted by atomic mass is 10.00. The lowest BCUT2D eigenvalue weighted by Crippen LogP contribution is -2.53. The average Bonchev–Trinajstić information content (AvgIpc) is 2.47. The Morgan fingerprint density at radius 1 is 1.41 bits per heavy atom. The van der Waals surface area contributed by atoms with E-state index in [1.54, 1.807) is 18.2 Å². The van der Waals surface area contributed by atoms with Crippen LogP contribution in [0, 0.1) is 0 Å². The summed E-state index contributed by atoms with van der Waals surface area (Å²) in [4.78, 5) is 23.8. The molecule has 3 N–H and O–H groups in total. The molecular weight excluding hydrogens is 370 g/mol. The summed E-state index contributed by atoms with van der Waals surface area (Å²) in [6, 6.07) is 7.47. The van der Waals surface area contributed by atoms with E-state index in [1.165, 1.54) is 0 Å². The van der Waals surface area contributed by atoms with Gasteiger partial charge in [-0.05, 0) is 44.5 Å². The summed E-state index contributed by atoms with van der Waals surface area (Å²) in [7, 11) is 0. The van der Waals surface area contributed by atoms with Crippen LogP contribution in [0.2, 0.25) is 0 Å². The second-order valence-electron chi connectivity index (χ2n) is 5.25. The highest BCUT2D eigenvalue weighted by Gasteiger charge is 2.22. The van der Waals surface area contributed by atoms with Crippen LogP contribution in [-0.4, -0.2) is 37.0 Å². The Morgan fingerprint density at radius 2 is 2.18 bits per heavy atom. The summed E-state index contributed by atoms with van der Waals surface area (Å²) in [6.45, 7) is 3.05. The fourth-order valence-corrected chi connectivity index (χ4v) is 2.79. The number of benzene rings is 1. The minimum Gasteiger partial charge on any atom is -0.350 e. The number of hydrogen-bond acceptors (Lipinski definition) is 3. The van der Waals surface area contributed by atoms with Crippen molar-refractivity contribution in [3.05, 3.63) is 34.3 Å². The van der Waals surface area contributed by atoms with Gasteiger partial charge in [-0.1, -0.05) is 22.0 Å². The van der Waals surface area contributed by atoms with Crippen molar-refractivity contribution in [3.63, 3.8) is 0 Å². The van der Waals surface area contributed by atoms with E-state index in [0.717, 1.165) is 23.9 Å². The van der Waals surface area contributed by atoms with Gasteiger partial charge < -0.3 is 16.0 Å². The zero-order chi connectivity index (χ0) is 15.2. The Morgan fingerprint density at radius 3 is 2.86 bits per heavy atom. The van der Waals surface area contributed by atoms with Crippen molar-refractivity contribution in [3.8, 4) is 0 Å². The van der Waals surface area contributed by atoms with Crippen molar-refractivity contribution in [2.45, 2.75) is 31.8 Å². The number of carbonyl (C=O) groups excluding carboxylic acids is 2. The molecule has 2 unspecified atom stereocenters. The standard InChI is InChI=1S/C15H20BrN3O2.ClH/c1-10-13(6-3-7-17-10)19-14(20)9-18-15(21)11-4-2-5-12(16)8-11;/h2,4-5,8,10,13,17H,3,6-7,9H2,1H3,(H,18,21)(H,19,20);1H. The number of nitrogens with one attached hydrogen (secondary N) is 3. The highest BCUT2D eigenvalue weighted by atomic mass is 79.9. The van der Waals surface area contributed by atoms with E-state index < -0.39 is 0 Å². The van der Waals surface area contributed by atoms with Crippen LogP contribution in [0.15, 0.2) is 28.7 Å². The van der Waals surface area contributed by atoms with Crippen molar-refractivity contribution in [1.29, 1.82) is 0 Å². The zero-order valence-corrected chi connectivity index (χ0v) is 14.8. The van der Waals surface area contributed by atoms with Crippen LogP contribution in [-0.2, 0) is 4.79 Å². The predicted octanol–water partition coefficient (Wildman–Crippen LogP) is 1.86. The van der Waals surface area contributed by atoms with E-state index in [-0.39, 0.29) is 42.8 Å². The van der Waals surface area contributed by atoms with E-state index in [2.05, 4.69) is 38.8 Å². The van der Waals surface area contributed by atoms with Gasteiger partial charge in [0.1, 0.15) is 0 Å². The zero-order valence-electron chi connectivity index (χ0n) is 12.4. The minimum absolute atomic E-state index is 0. The first-order valence-corrected chi connectivity index (χ1v) is 7.92. The van der Waals surface area contributed by atoms with Crippen molar-refractivity contribution in [2.75, 3.05) is 13.1 Å². The number of amides is 2. The average molecular weight is 391 g/mol. The highest BCUT2D eigenvalue weighted by Crippen LogP contribution is 2.11. The largest absolute Gasteiger partial charge is 0.350 e. The molecule has 1 fully saturated rings. The maximum Gasteiger partial charge on any atom is 0.251 e. The predicted molar refractivity (Wildman–Crippen MR) is 92.4 cm³/mol. The summed E-state index contributed by atoms with van der Waals surface area (Å²) in [5.41, 5.74) is 0.532. The molecule has 7 heteroatoms. The molecule has 22 heavy (non-hydrogen) atoms. The van der Waals surface area contributed by atoms with Gasteiger partial charge in [-0.2, -0.15) is 0 Å². The van der Waals surface area contributed by atoms with Crippen LogP contribution in [0.5, 0.6) is 0 Å². The van der Waals surface area contributed by atoms with Gasteiger partial charge in [0.2, 0.25) is 5.91 Å². The molecule has 0 saturated carbocycles. The molecule has 0 bridgehead atoms. The van der Waals surface area contributed by atoms with E-state index >= 15 is 0 Å². The molecule has 122 valence electrons. The molecule has 2 amide bonds. The van der Waals surface area contributed by atoms with Crippen molar-refractivity contribution in [1.82, 2.24) is 16.0 Å². The molecule has 0 aliphatic carbocycles. The molecule has 1 aromatic carbocycles. The second-order valence-corrected chi connectivity index (χ2v) is 6.17. The van der Waals surface area contributed by atoms with E-state index in [4.69, 9.17) is 0 Å². The van der Waals surface area contributed by atoms with Gasteiger partial charge in [0.25, 0.3) is 5.91 Å². The van der Waals surface area contributed by atoms with E-state index in [0.29, 0.717) is 5.56 Å². The molecule has 2 atom stereocenters. The molecule has 5 nitrogen and oxygen atoms in total. The molecule has 0 spiro atoms. The van der Waals surface area contributed by atoms with Gasteiger partial charge in [0, 0.05) is 22.1 Å². The van der Waals surface area contributed by atoms with Crippen LogP contribution < -0.4 is 16.0 Å². The molecular formula is C15H21BrClN3O2. The van der Waals surface area contributed by atoms with Gasteiger partial charge in [-0.25, -0.2) is 0 Å². The van der Waals surface area contributed by atoms with Gasteiger partial charge >= 0.3 is 0 Å². The first kappa shape index (κ1) is 18.9. The Hall–Kier alpha value is -1.11. The Balaban J connectivity index is 0.00000242. The summed E-state index contributed by atoms with van der Waals surface area (Å²) < 4.78 is 0.835. The van der Waals surface area contributed by atoms with Gasteiger partial charge in [0.05, 0.1) is 6.54 Å². The van der Waals surface area contributed by atoms with Crippen LogP contribution in [0.3, 0.4) is 0 Å². The quantitative estimate of drug-likeness (QED) is 0.735. The van der Waals surface area contributed by atoms with Crippen molar-refractivity contribution < 1.29 is 9.59 Å². The van der Waals surface area contributed by atoms with E-state index in [9.17, 15) is 9.59 Å². The Bertz CT molecular complexity index is 527.